The molecule has 1 saturated heterocycles. The lowest BCUT2D eigenvalue weighted by Crippen LogP contribution is -2.49. The number of carbonyl (C=O) groups is 1. The number of aromatic nitrogens is 2. The van der Waals surface area contributed by atoms with E-state index < -0.39 is 4.92 Å². The number of carbonyl (C=O) groups excluding carboxylic acids is 1. The number of aromatic amines is 1. The molecule has 0 aliphatic carbocycles. The molecule has 188 valence electrons. The van der Waals surface area contributed by atoms with Crippen LogP contribution in [0.25, 0.3) is 0 Å². The molecule has 2 aliphatic rings. The van der Waals surface area contributed by atoms with Crippen LogP contribution < -0.4 is 9.80 Å². The summed E-state index contributed by atoms with van der Waals surface area (Å²) in [7, 11) is 0. The number of hydrogen-bond acceptors (Lipinski definition) is 7. The van der Waals surface area contributed by atoms with Crippen LogP contribution in [0.5, 0.6) is 0 Å². The summed E-state index contributed by atoms with van der Waals surface area (Å²) >= 11 is 0. The van der Waals surface area contributed by atoms with Crippen molar-refractivity contribution in [2.24, 2.45) is 0 Å². The number of H-pyrrole nitrogens is 1. The van der Waals surface area contributed by atoms with Crippen molar-refractivity contribution < 1.29 is 18.8 Å². The Morgan fingerprint density at radius 2 is 1.83 bits per heavy atom. The molecule has 3 aromatic rings. The molecule has 1 N–H and O–H groups in total. The number of nitro groups is 1. The fourth-order valence-corrected chi connectivity index (χ4v) is 4.63. The smallest absolute Gasteiger partial charge is 0.269 e. The molecule has 0 atom stereocenters. The number of rotatable bonds is 7. The maximum Gasteiger partial charge on any atom is 0.269 e. The minimum Gasteiger partial charge on any atom is -0.376 e. The van der Waals surface area contributed by atoms with Gasteiger partial charge in [-0.3, -0.25) is 29.8 Å². The van der Waals surface area contributed by atoms with Crippen LogP contribution in [0.2, 0.25) is 0 Å². The minimum absolute atomic E-state index is 0.0670. The van der Waals surface area contributed by atoms with Crippen LogP contribution >= 0.6 is 0 Å². The Bertz CT molecular complexity index is 1220. The van der Waals surface area contributed by atoms with Crippen LogP contribution in [0.4, 0.5) is 21.6 Å². The number of non-ortho nitro benzene ring substituents is 1. The molecule has 0 bridgehead atoms. The fraction of sp³-hybridized carbons (Fsp3) is 0.360. The van der Waals surface area contributed by atoms with Gasteiger partial charge >= 0.3 is 0 Å². The van der Waals surface area contributed by atoms with Gasteiger partial charge in [-0.2, -0.15) is 5.10 Å². The highest BCUT2D eigenvalue weighted by molar-refractivity contribution is 6.06. The predicted molar refractivity (Wildman–Crippen MR) is 132 cm³/mol. The Hall–Kier alpha value is -3.83. The summed E-state index contributed by atoms with van der Waals surface area (Å²) in [5, 5.41) is 18.5. The Kier molecular flexibility index (Phi) is 6.92. The molecule has 0 radical (unpaired) electrons. The van der Waals surface area contributed by atoms with Crippen molar-refractivity contribution in [2.75, 3.05) is 55.7 Å². The molecule has 1 amide bonds. The highest BCUT2D eigenvalue weighted by atomic mass is 19.1. The van der Waals surface area contributed by atoms with Crippen LogP contribution in [0.1, 0.15) is 21.6 Å². The lowest BCUT2D eigenvalue weighted by Gasteiger charge is -2.37. The summed E-state index contributed by atoms with van der Waals surface area (Å²) in [6.45, 7) is 5.23. The largest absolute Gasteiger partial charge is 0.376 e. The van der Waals surface area contributed by atoms with Gasteiger partial charge in [-0.1, -0.05) is 0 Å². The summed E-state index contributed by atoms with van der Waals surface area (Å²) in [6, 6.07) is 12.1. The standard InChI is InChI=1S/C25H27FN6O4/c26-19-3-7-20(8-4-19)30-13-10-29(11-14-30)12-15-31(24-22-17-36-16-9-23(22)27-28-24)25(33)18-1-5-21(6-2-18)32(34)35/h1-8H,9-17H2,(H,27,28). The summed E-state index contributed by atoms with van der Waals surface area (Å²) in [6.07, 6.45) is 0.702. The van der Waals surface area contributed by atoms with E-state index in [1.807, 2.05) is 0 Å². The number of halogens is 1. The first-order valence-corrected chi connectivity index (χ1v) is 11.9. The van der Waals surface area contributed by atoms with Gasteiger partial charge in [0.2, 0.25) is 0 Å². The lowest BCUT2D eigenvalue weighted by atomic mass is 10.1. The lowest BCUT2D eigenvalue weighted by molar-refractivity contribution is -0.384. The van der Waals surface area contributed by atoms with E-state index in [0.717, 1.165) is 43.1 Å². The normalized spacial score (nSPS) is 16.0. The van der Waals surface area contributed by atoms with Crippen LogP contribution in [-0.2, 0) is 17.8 Å². The minimum atomic E-state index is -0.487. The quantitative estimate of drug-likeness (QED) is 0.397. The van der Waals surface area contributed by atoms with Gasteiger partial charge < -0.3 is 9.64 Å². The van der Waals surface area contributed by atoms with Gasteiger partial charge in [-0.15, -0.1) is 0 Å². The average molecular weight is 495 g/mol. The van der Waals surface area contributed by atoms with Gasteiger partial charge in [-0.05, 0) is 36.4 Å². The summed E-state index contributed by atoms with van der Waals surface area (Å²) < 4.78 is 18.9. The first-order valence-electron chi connectivity index (χ1n) is 11.9. The topological polar surface area (TPSA) is 108 Å². The van der Waals surface area contributed by atoms with E-state index in [1.54, 1.807) is 17.0 Å². The highest BCUT2D eigenvalue weighted by Gasteiger charge is 2.28. The highest BCUT2D eigenvalue weighted by Crippen LogP contribution is 2.27. The summed E-state index contributed by atoms with van der Waals surface area (Å²) in [5.74, 6) is 0.0221. The number of hydrogen-bond donors (Lipinski definition) is 1. The van der Waals surface area contributed by atoms with Crippen molar-refractivity contribution in [3.05, 3.63) is 81.3 Å². The molecule has 0 spiro atoms. The third-order valence-electron chi connectivity index (χ3n) is 6.70. The van der Waals surface area contributed by atoms with Crippen molar-refractivity contribution in [3.8, 4) is 0 Å². The Balaban J connectivity index is 1.30. The molecule has 3 heterocycles. The van der Waals surface area contributed by atoms with Gasteiger partial charge in [0, 0.05) is 80.3 Å². The zero-order valence-corrected chi connectivity index (χ0v) is 19.7. The van der Waals surface area contributed by atoms with Crippen molar-refractivity contribution >= 4 is 23.1 Å². The third-order valence-corrected chi connectivity index (χ3v) is 6.70. The Labute approximate surface area is 207 Å². The molecule has 0 unspecified atom stereocenters. The molecule has 2 aromatic carbocycles. The number of ether oxygens (including phenoxy) is 1. The molecule has 0 saturated carbocycles. The second-order valence-electron chi connectivity index (χ2n) is 8.87. The van der Waals surface area contributed by atoms with Gasteiger partial charge in [0.1, 0.15) is 5.82 Å². The molecule has 1 aromatic heterocycles. The summed E-state index contributed by atoms with van der Waals surface area (Å²) in [5.41, 5.74) is 3.12. The Morgan fingerprint density at radius 3 is 2.53 bits per heavy atom. The van der Waals surface area contributed by atoms with E-state index in [2.05, 4.69) is 20.0 Å². The molecular weight excluding hydrogens is 467 g/mol. The maximum atomic E-state index is 13.6. The van der Waals surface area contributed by atoms with Gasteiger partial charge in [0.15, 0.2) is 5.82 Å². The number of anilines is 2. The number of piperazine rings is 1. The third kappa shape index (κ3) is 5.07. The number of fused-ring (bicyclic) bond motifs is 1. The van der Waals surface area contributed by atoms with E-state index in [-0.39, 0.29) is 17.4 Å². The average Bonchev–Trinajstić information content (AvgIpc) is 3.33. The zero-order valence-electron chi connectivity index (χ0n) is 19.7. The van der Waals surface area contributed by atoms with Gasteiger partial charge in [-0.25, -0.2) is 4.39 Å². The first-order chi connectivity index (χ1) is 17.5. The number of amides is 1. The van der Waals surface area contributed by atoms with Crippen LogP contribution in [0.3, 0.4) is 0 Å². The van der Waals surface area contributed by atoms with E-state index in [1.165, 1.54) is 36.4 Å². The molecule has 36 heavy (non-hydrogen) atoms. The van der Waals surface area contributed by atoms with Crippen LogP contribution in [-0.4, -0.2) is 71.8 Å². The van der Waals surface area contributed by atoms with E-state index in [9.17, 15) is 19.3 Å². The van der Waals surface area contributed by atoms with E-state index in [0.29, 0.717) is 44.1 Å². The zero-order chi connectivity index (χ0) is 25.1. The Morgan fingerprint density at radius 1 is 1.11 bits per heavy atom. The van der Waals surface area contributed by atoms with Crippen molar-refractivity contribution in [1.29, 1.82) is 0 Å². The molecule has 11 heteroatoms. The summed E-state index contributed by atoms with van der Waals surface area (Å²) in [4.78, 5) is 30.2. The monoisotopic (exact) mass is 494 g/mol. The van der Waals surface area contributed by atoms with Gasteiger partial charge in [0.05, 0.1) is 18.1 Å². The number of nitro benzene ring substituents is 1. The number of nitrogens with zero attached hydrogens (tertiary/aromatic N) is 5. The molecule has 10 nitrogen and oxygen atoms in total. The van der Waals surface area contributed by atoms with Crippen molar-refractivity contribution in [2.45, 2.75) is 13.0 Å². The second-order valence-corrected chi connectivity index (χ2v) is 8.87. The SMILES string of the molecule is O=C(c1ccc([N+](=O)[O-])cc1)N(CCN1CCN(c2ccc(F)cc2)CC1)c1n[nH]c2c1COCC2. The van der Waals surface area contributed by atoms with E-state index in [4.69, 9.17) is 4.74 Å². The second kappa shape index (κ2) is 10.4. The van der Waals surface area contributed by atoms with Crippen LogP contribution in [0, 0.1) is 15.9 Å². The van der Waals surface area contributed by atoms with Crippen LogP contribution in [0.15, 0.2) is 48.5 Å². The number of nitrogens with one attached hydrogen (secondary N) is 1. The van der Waals surface area contributed by atoms with Crippen molar-refractivity contribution in [3.63, 3.8) is 0 Å². The predicted octanol–water partition coefficient (Wildman–Crippen LogP) is 3.00. The molecule has 2 aliphatic heterocycles. The molecule has 1 fully saturated rings. The van der Waals surface area contributed by atoms with E-state index >= 15 is 0 Å². The first kappa shape index (κ1) is 23.9. The fourth-order valence-electron chi connectivity index (χ4n) is 4.63. The molecule has 5 rings (SSSR count). The maximum absolute atomic E-state index is 13.6. The van der Waals surface area contributed by atoms with Crippen molar-refractivity contribution in [1.82, 2.24) is 15.1 Å². The van der Waals surface area contributed by atoms with Gasteiger partial charge in [0.25, 0.3) is 11.6 Å². The number of benzene rings is 2. The molecular formula is C25H27FN6O4.